The molecule has 0 amide bonds. The Balaban J connectivity index is 2.89. The van der Waals surface area contributed by atoms with E-state index < -0.39 is 5.97 Å². The molecule has 0 fully saturated rings. The zero-order valence-corrected chi connectivity index (χ0v) is 9.41. The van der Waals surface area contributed by atoms with E-state index in [1.54, 1.807) is 0 Å². The fourth-order valence-electron chi connectivity index (χ4n) is 1.59. The van der Waals surface area contributed by atoms with Crippen LogP contribution in [0, 0.1) is 0 Å². The number of halogens is 1. The lowest BCUT2D eigenvalue weighted by molar-refractivity contribution is 0.0698. The molecule has 1 aliphatic rings. The van der Waals surface area contributed by atoms with E-state index in [1.165, 1.54) is 6.07 Å². The fourth-order valence-corrected chi connectivity index (χ4v) is 2.17. The van der Waals surface area contributed by atoms with Crippen LogP contribution in [0.1, 0.15) is 16.8 Å². The van der Waals surface area contributed by atoms with Gasteiger partial charge < -0.3 is 10.8 Å². The molecular weight excluding hydrogens is 260 g/mol. The van der Waals surface area contributed by atoms with Crippen LogP contribution in [0.5, 0.6) is 0 Å². The van der Waals surface area contributed by atoms with Crippen LogP contribution in [0.3, 0.4) is 0 Å². The van der Waals surface area contributed by atoms with E-state index in [0.29, 0.717) is 11.9 Å². The maximum absolute atomic E-state index is 10.9. The number of anilines is 1. The second kappa shape index (κ2) is 3.66. The van der Waals surface area contributed by atoms with Crippen molar-refractivity contribution in [3.8, 4) is 0 Å². The Kier molecular flexibility index (Phi) is 2.48. The maximum atomic E-state index is 10.9. The number of carbonyl (C=O) groups is 1. The molecular formula is C10H9BrN2O2. The molecule has 3 N–H and O–H groups in total. The van der Waals surface area contributed by atoms with E-state index in [-0.39, 0.29) is 11.3 Å². The van der Waals surface area contributed by atoms with E-state index in [2.05, 4.69) is 20.9 Å². The fraction of sp³-hybridized carbons (Fsp3) is 0.200. The van der Waals surface area contributed by atoms with Gasteiger partial charge in [-0.3, -0.25) is 4.99 Å². The molecule has 0 atom stereocenters. The standard InChI is InChI=1S/C10H9BrN2O2/c11-7-4-6(10(14)15)8(12)9-5(7)2-1-3-13-9/h2,4H,1,3,12H2,(H,14,15). The summed E-state index contributed by atoms with van der Waals surface area (Å²) in [5, 5.41) is 10.4. The highest BCUT2D eigenvalue weighted by Crippen LogP contribution is 2.12. The van der Waals surface area contributed by atoms with Crippen molar-refractivity contribution in [2.24, 2.45) is 4.99 Å². The number of nitrogen functional groups attached to an aromatic ring is 1. The van der Waals surface area contributed by atoms with E-state index in [0.717, 1.165) is 16.1 Å². The van der Waals surface area contributed by atoms with E-state index >= 15 is 0 Å². The summed E-state index contributed by atoms with van der Waals surface area (Å²) in [7, 11) is 0. The molecule has 1 aromatic carbocycles. The topological polar surface area (TPSA) is 75.7 Å². The number of fused-ring (bicyclic) bond motifs is 1. The summed E-state index contributed by atoms with van der Waals surface area (Å²) >= 11 is 3.33. The highest BCUT2D eigenvalue weighted by atomic mass is 79.9. The zero-order valence-electron chi connectivity index (χ0n) is 7.83. The molecule has 0 bridgehead atoms. The van der Waals surface area contributed by atoms with E-state index in [9.17, 15) is 4.79 Å². The predicted molar refractivity (Wildman–Crippen MR) is 60.2 cm³/mol. The highest BCUT2D eigenvalue weighted by molar-refractivity contribution is 9.10. The molecule has 1 heterocycles. The monoisotopic (exact) mass is 268 g/mol. The van der Waals surface area contributed by atoms with Crippen molar-refractivity contribution < 1.29 is 9.90 Å². The largest absolute Gasteiger partial charge is 0.478 e. The van der Waals surface area contributed by atoms with Crippen LogP contribution in [-0.2, 0) is 0 Å². The van der Waals surface area contributed by atoms with Gasteiger partial charge in [0.1, 0.15) is 0 Å². The van der Waals surface area contributed by atoms with Crippen LogP contribution in [0.15, 0.2) is 15.5 Å². The molecule has 2 rings (SSSR count). The lowest BCUT2D eigenvalue weighted by Crippen LogP contribution is -2.34. The van der Waals surface area contributed by atoms with Crippen LogP contribution in [0.4, 0.5) is 5.69 Å². The Morgan fingerprint density at radius 2 is 2.33 bits per heavy atom. The number of hydrogen-bond acceptors (Lipinski definition) is 3. The first kappa shape index (κ1) is 10.2. The van der Waals surface area contributed by atoms with Crippen molar-refractivity contribution in [1.29, 1.82) is 0 Å². The minimum atomic E-state index is -1.03. The average molecular weight is 269 g/mol. The van der Waals surface area contributed by atoms with Crippen LogP contribution in [0.25, 0.3) is 6.08 Å². The van der Waals surface area contributed by atoms with Crippen LogP contribution < -0.4 is 16.3 Å². The first-order valence-electron chi connectivity index (χ1n) is 4.47. The van der Waals surface area contributed by atoms with Gasteiger partial charge in [0.15, 0.2) is 0 Å². The predicted octanol–water partition coefficient (Wildman–Crippen LogP) is 0.533. The molecule has 0 aromatic heterocycles. The molecule has 0 unspecified atom stereocenters. The van der Waals surface area contributed by atoms with Crippen LogP contribution in [0.2, 0.25) is 0 Å². The van der Waals surface area contributed by atoms with Gasteiger partial charge >= 0.3 is 5.97 Å². The summed E-state index contributed by atoms with van der Waals surface area (Å²) in [5.74, 6) is -1.03. The SMILES string of the molecule is Nc1c(C(=O)O)cc(Br)c2c1=NCCC=2. The summed E-state index contributed by atoms with van der Waals surface area (Å²) in [4.78, 5) is 15.2. The molecule has 0 saturated carbocycles. The third-order valence-electron chi connectivity index (χ3n) is 2.31. The lowest BCUT2D eigenvalue weighted by Gasteiger charge is -2.07. The molecule has 78 valence electrons. The number of nitrogens with two attached hydrogens (primary N) is 1. The second-order valence-electron chi connectivity index (χ2n) is 3.26. The van der Waals surface area contributed by atoms with Crippen molar-refractivity contribution in [3.05, 3.63) is 26.7 Å². The Bertz CT molecular complexity index is 552. The van der Waals surface area contributed by atoms with Crippen LogP contribution in [-0.4, -0.2) is 17.6 Å². The van der Waals surface area contributed by atoms with Crippen molar-refractivity contribution in [1.82, 2.24) is 0 Å². The quantitative estimate of drug-likeness (QED) is 0.730. The number of aromatic carboxylic acids is 1. The number of benzene rings is 1. The summed E-state index contributed by atoms with van der Waals surface area (Å²) in [6.45, 7) is 0.659. The highest BCUT2D eigenvalue weighted by Gasteiger charge is 2.13. The first-order chi connectivity index (χ1) is 7.11. The van der Waals surface area contributed by atoms with Gasteiger partial charge in [-0.2, -0.15) is 0 Å². The molecule has 0 radical (unpaired) electrons. The van der Waals surface area contributed by atoms with Crippen molar-refractivity contribution in [3.63, 3.8) is 0 Å². The number of nitrogens with zero attached hydrogens (tertiary/aromatic N) is 1. The van der Waals surface area contributed by atoms with Gasteiger partial charge in [-0.15, -0.1) is 0 Å². The van der Waals surface area contributed by atoms with Crippen molar-refractivity contribution in [2.45, 2.75) is 6.42 Å². The molecule has 1 aromatic rings. The summed E-state index contributed by atoms with van der Waals surface area (Å²) < 4.78 is 0.729. The van der Waals surface area contributed by atoms with Crippen molar-refractivity contribution in [2.75, 3.05) is 12.3 Å². The Morgan fingerprint density at radius 1 is 1.60 bits per heavy atom. The zero-order chi connectivity index (χ0) is 11.0. The maximum Gasteiger partial charge on any atom is 0.337 e. The van der Waals surface area contributed by atoms with E-state index in [4.69, 9.17) is 10.8 Å². The molecule has 1 aliphatic heterocycles. The Labute approximate surface area is 94.3 Å². The minimum Gasteiger partial charge on any atom is -0.478 e. The lowest BCUT2D eigenvalue weighted by atomic mass is 10.1. The average Bonchev–Trinajstić information content (AvgIpc) is 2.23. The third-order valence-corrected chi connectivity index (χ3v) is 2.96. The normalized spacial score (nSPS) is 13.7. The van der Waals surface area contributed by atoms with Gasteiger partial charge in [-0.25, -0.2) is 4.79 Å². The molecule has 0 saturated heterocycles. The number of carboxylic acids is 1. The molecule has 15 heavy (non-hydrogen) atoms. The first-order valence-corrected chi connectivity index (χ1v) is 5.26. The molecule has 5 heteroatoms. The smallest absolute Gasteiger partial charge is 0.337 e. The van der Waals surface area contributed by atoms with Crippen LogP contribution >= 0.6 is 15.9 Å². The van der Waals surface area contributed by atoms with Gasteiger partial charge in [0.2, 0.25) is 0 Å². The second-order valence-corrected chi connectivity index (χ2v) is 4.12. The number of rotatable bonds is 1. The summed E-state index contributed by atoms with van der Waals surface area (Å²) in [5.41, 5.74) is 6.10. The number of carboxylic acid groups (broad SMARTS) is 1. The van der Waals surface area contributed by atoms with Gasteiger partial charge in [-0.05, 0) is 12.5 Å². The van der Waals surface area contributed by atoms with Gasteiger partial charge in [0, 0.05) is 16.2 Å². The molecule has 0 spiro atoms. The van der Waals surface area contributed by atoms with Gasteiger partial charge in [0.05, 0.1) is 16.6 Å². The summed E-state index contributed by atoms with van der Waals surface area (Å²) in [6, 6.07) is 1.52. The van der Waals surface area contributed by atoms with Gasteiger partial charge in [-0.1, -0.05) is 22.0 Å². The summed E-state index contributed by atoms with van der Waals surface area (Å²) in [6.07, 6.45) is 2.87. The Hall–Kier alpha value is -1.36. The minimum absolute atomic E-state index is 0.0969. The van der Waals surface area contributed by atoms with Gasteiger partial charge in [0.25, 0.3) is 0 Å². The Morgan fingerprint density at radius 3 is 3.00 bits per heavy atom. The molecule has 4 nitrogen and oxygen atoms in total. The number of hydrogen-bond donors (Lipinski definition) is 2. The van der Waals surface area contributed by atoms with E-state index in [1.807, 2.05) is 6.08 Å². The molecule has 0 aliphatic carbocycles. The third kappa shape index (κ3) is 1.63. The van der Waals surface area contributed by atoms with Crippen molar-refractivity contribution >= 4 is 33.7 Å².